The molecule has 0 amide bonds. The number of thiophene rings is 1. The summed E-state index contributed by atoms with van der Waals surface area (Å²) in [6.07, 6.45) is 1.20. The largest absolute Gasteiger partial charge is 0.313 e. The monoisotopic (exact) mass is 212 g/mol. The van der Waals surface area contributed by atoms with Gasteiger partial charge in [0.05, 0.1) is 0 Å². The Kier molecular flexibility index (Phi) is 5.83. The van der Waals surface area contributed by atoms with Gasteiger partial charge in [0, 0.05) is 24.0 Å². The van der Waals surface area contributed by atoms with E-state index in [0.717, 1.165) is 19.6 Å². The van der Waals surface area contributed by atoms with Crippen LogP contribution in [-0.4, -0.2) is 19.1 Å². The van der Waals surface area contributed by atoms with Gasteiger partial charge in [-0.3, -0.25) is 0 Å². The standard InChI is InChI=1S/C11H20N2S/c1-3-6-13-10(2)8-12-9-11-5-4-7-14-11/h4-5,7,10,12-13H,3,6,8-9H2,1-2H3. The molecule has 1 aromatic rings. The van der Waals surface area contributed by atoms with E-state index in [1.165, 1.54) is 11.3 Å². The third-order valence-corrected chi connectivity index (χ3v) is 2.95. The van der Waals surface area contributed by atoms with Crippen molar-refractivity contribution in [2.75, 3.05) is 13.1 Å². The highest BCUT2D eigenvalue weighted by atomic mass is 32.1. The second-order valence-electron chi connectivity index (χ2n) is 3.57. The molecule has 0 aromatic carbocycles. The third kappa shape index (κ3) is 4.74. The molecule has 0 aliphatic rings. The van der Waals surface area contributed by atoms with Gasteiger partial charge in [-0.05, 0) is 31.3 Å². The Morgan fingerprint density at radius 2 is 2.36 bits per heavy atom. The van der Waals surface area contributed by atoms with Crippen molar-refractivity contribution in [3.8, 4) is 0 Å². The molecular formula is C11H20N2S. The lowest BCUT2D eigenvalue weighted by molar-refractivity contribution is 0.502. The summed E-state index contributed by atoms with van der Waals surface area (Å²) in [5, 5.41) is 9.02. The van der Waals surface area contributed by atoms with Gasteiger partial charge in [0.25, 0.3) is 0 Å². The molecule has 0 saturated carbocycles. The Hall–Kier alpha value is -0.380. The van der Waals surface area contributed by atoms with Crippen LogP contribution >= 0.6 is 11.3 Å². The van der Waals surface area contributed by atoms with E-state index in [0.29, 0.717) is 6.04 Å². The highest BCUT2D eigenvalue weighted by molar-refractivity contribution is 7.09. The summed E-state index contributed by atoms with van der Waals surface area (Å²) in [5.41, 5.74) is 0. The Morgan fingerprint density at radius 3 is 3.00 bits per heavy atom. The third-order valence-electron chi connectivity index (χ3n) is 2.07. The predicted octanol–water partition coefficient (Wildman–Crippen LogP) is 2.23. The SMILES string of the molecule is CCCNC(C)CNCc1cccs1. The van der Waals surface area contributed by atoms with Crippen molar-refractivity contribution in [3.05, 3.63) is 22.4 Å². The maximum Gasteiger partial charge on any atom is 0.0300 e. The van der Waals surface area contributed by atoms with E-state index in [9.17, 15) is 0 Å². The van der Waals surface area contributed by atoms with Crippen LogP contribution in [0.15, 0.2) is 17.5 Å². The second-order valence-corrected chi connectivity index (χ2v) is 4.60. The average Bonchev–Trinajstić information content (AvgIpc) is 2.67. The van der Waals surface area contributed by atoms with E-state index in [1.807, 2.05) is 11.3 Å². The number of hydrogen-bond donors (Lipinski definition) is 2. The van der Waals surface area contributed by atoms with Crippen LogP contribution in [0.25, 0.3) is 0 Å². The molecule has 2 N–H and O–H groups in total. The first-order chi connectivity index (χ1) is 6.83. The van der Waals surface area contributed by atoms with Crippen LogP contribution in [0.3, 0.4) is 0 Å². The molecule has 0 spiro atoms. The summed E-state index contributed by atoms with van der Waals surface area (Å²) in [6, 6.07) is 4.83. The van der Waals surface area contributed by atoms with Crippen LogP contribution in [0.4, 0.5) is 0 Å². The molecule has 1 unspecified atom stereocenters. The fourth-order valence-electron chi connectivity index (χ4n) is 1.29. The molecule has 1 atom stereocenters. The minimum absolute atomic E-state index is 0.565. The topological polar surface area (TPSA) is 24.1 Å². The van der Waals surface area contributed by atoms with Crippen LogP contribution in [-0.2, 0) is 6.54 Å². The van der Waals surface area contributed by atoms with E-state index >= 15 is 0 Å². The van der Waals surface area contributed by atoms with Crippen molar-refractivity contribution >= 4 is 11.3 Å². The van der Waals surface area contributed by atoms with Gasteiger partial charge in [-0.1, -0.05) is 13.0 Å². The second kappa shape index (κ2) is 6.98. The van der Waals surface area contributed by atoms with E-state index < -0.39 is 0 Å². The molecule has 1 rings (SSSR count). The van der Waals surface area contributed by atoms with Crippen LogP contribution in [0.2, 0.25) is 0 Å². The zero-order valence-electron chi connectivity index (χ0n) is 9.05. The summed E-state index contributed by atoms with van der Waals surface area (Å²) < 4.78 is 0. The molecule has 0 saturated heterocycles. The van der Waals surface area contributed by atoms with Gasteiger partial charge in [0.1, 0.15) is 0 Å². The minimum Gasteiger partial charge on any atom is -0.313 e. The molecule has 0 bridgehead atoms. The Morgan fingerprint density at radius 1 is 1.50 bits per heavy atom. The van der Waals surface area contributed by atoms with Crippen LogP contribution in [0.5, 0.6) is 0 Å². The van der Waals surface area contributed by atoms with Gasteiger partial charge in [-0.2, -0.15) is 0 Å². The van der Waals surface area contributed by atoms with E-state index in [1.54, 1.807) is 0 Å². The molecule has 1 aromatic heterocycles. The molecule has 2 nitrogen and oxygen atoms in total. The van der Waals surface area contributed by atoms with Crippen molar-refractivity contribution in [3.63, 3.8) is 0 Å². The molecule has 0 fully saturated rings. The highest BCUT2D eigenvalue weighted by Gasteiger charge is 1.99. The first kappa shape index (κ1) is 11.7. The van der Waals surface area contributed by atoms with Crippen LogP contribution < -0.4 is 10.6 Å². The average molecular weight is 212 g/mol. The lowest BCUT2D eigenvalue weighted by Gasteiger charge is -2.13. The first-order valence-electron chi connectivity index (χ1n) is 5.29. The molecule has 14 heavy (non-hydrogen) atoms. The molecule has 80 valence electrons. The summed E-state index contributed by atoms with van der Waals surface area (Å²) in [7, 11) is 0. The summed E-state index contributed by atoms with van der Waals surface area (Å²) >= 11 is 1.81. The van der Waals surface area contributed by atoms with Gasteiger partial charge in [-0.15, -0.1) is 11.3 Å². The Bertz CT molecular complexity index is 221. The number of nitrogens with one attached hydrogen (secondary N) is 2. The van der Waals surface area contributed by atoms with Crippen molar-refractivity contribution in [1.29, 1.82) is 0 Å². The highest BCUT2D eigenvalue weighted by Crippen LogP contribution is 2.06. The number of hydrogen-bond acceptors (Lipinski definition) is 3. The predicted molar refractivity (Wildman–Crippen MR) is 63.8 cm³/mol. The lowest BCUT2D eigenvalue weighted by atomic mass is 10.3. The summed E-state index contributed by atoms with van der Waals surface area (Å²) in [4.78, 5) is 1.41. The minimum atomic E-state index is 0.565. The van der Waals surface area contributed by atoms with Gasteiger partial charge >= 0.3 is 0 Å². The smallest absolute Gasteiger partial charge is 0.0300 e. The van der Waals surface area contributed by atoms with E-state index in [2.05, 4.69) is 42.0 Å². The van der Waals surface area contributed by atoms with Gasteiger partial charge < -0.3 is 10.6 Å². The zero-order chi connectivity index (χ0) is 10.2. The fraction of sp³-hybridized carbons (Fsp3) is 0.636. The summed E-state index contributed by atoms with van der Waals surface area (Å²) in [6.45, 7) is 7.56. The van der Waals surface area contributed by atoms with Crippen molar-refractivity contribution < 1.29 is 0 Å². The maximum atomic E-state index is 3.45. The van der Waals surface area contributed by atoms with Crippen LogP contribution in [0, 0.1) is 0 Å². The normalized spacial score (nSPS) is 13.0. The molecule has 0 aliphatic carbocycles. The van der Waals surface area contributed by atoms with E-state index in [-0.39, 0.29) is 0 Å². The maximum absolute atomic E-state index is 3.45. The Labute approximate surface area is 90.7 Å². The molecule has 0 radical (unpaired) electrons. The molecule has 0 aliphatic heterocycles. The number of rotatable bonds is 7. The quantitative estimate of drug-likeness (QED) is 0.724. The van der Waals surface area contributed by atoms with Gasteiger partial charge in [0.15, 0.2) is 0 Å². The fourth-order valence-corrected chi connectivity index (χ4v) is 1.96. The first-order valence-corrected chi connectivity index (χ1v) is 6.17. The van der Waals surface area contributed by atoms with Crippen molar-refractivity contribution in [2.45, 2.75) is 32.9 Å². The summed E-state index contributed by atoms with van der Waals surface area (Å²) in [5.74, 6) is 0. The van der Waals surface area contributed by atoms with Gasteiger partial charge in [-0.25, -0.2) is 0 Å². The lowest BCUT2D eigenvalue weighted by Crippen LogP contribution is -2.36. The van der Waals surface area contributed by atoms with Gasteiger partial charge in [0.2, 0.25) is 0 Å². The molecule has 1 heterocycles. The van der Waals surface area contributed by atoms with Crippen LogP contribution in [0.1, 0.15) is 25.1 Å². The molecule has 3 heteroatoms. The zero-order valence-corrected chi connectivity index (χ0v) is 9.86. The van der Waals surface area contributed by atoms with E-state index in [4.69, 9.17) is 0 Å². The molecular weight excluding hydrogens is 192 g/mol. The van der Waals surface area contributed by atoms with Crippen molar-refractivity contribution in [1.82, 2.24) is 10.6 Å². The Balaban J connectivity index is 2.03. The van der Waals surface area contributed by atoms with Crippen molar-refractivity contribution in [2.24, 2.45) is 0 Å².